The van der Waals surface area contributed by atoms with Gasteiger partial charge in [-0.25, -0.2) is 0 Å². The summed E-state index contributed by atoms with van der Waals surface area (Å²) < 4.78 is 2.53. The molecule has 8 aromatic rings. The minimum absolute atomic E-state index is 0.0255. The SMILES string of the molecule is CC(=O)c1cc(C(C)C)ccn1.CC(C)c1cc[n+]([O-])cc1.CC(C)c1ccc[n+]([O-])c1.CC(C)c1cccc[n+]1[O-].CC(C)c1ccccn1.CC(C)c1cccnc1.CC(C)c1ccncc1.CCc1cc(C(C)C)ccn1. The zero-order chi connectivity index (χ0) is 60.2. The van der Waals surface area contributed by atoms with Gasteiger partial charge in [0.1, 0.15) is 5.69 Å². The topological polar surface area (TPSA) is 162 Å². The summed E-state index contributed by atoms with van der Waals surface area (Å²) in [4.78, 5) is 31.3. The molecule has 0 amide bonds. The first-order valence-electron chi connectivity index (χ1n) is 28.1. The molecule has 12 heteroatoms. The van der Waals surface area contributed by atoms with E-state index in [0.29, 0.717) is 53.0 Å². The van der Waals surface area contributed by atoms with Gasteiger partial charge in [-0.2, -0.15) is 14.2 Å². The molecule has 0 aromatic carbocycles. The van der Waals surface area contributed by atoms with Crippen molar-refractivity contribution in [3.8, 4) is 0 Å². The van der Waals surface area contributed by atoms with Crippen LogP contribution in [0.5, 0.6) is 0 Å². The van der Waals surface area contributed by atoms with Gasteiger partial charge in [-0.3, -0.25) is 29.7 Å². The summed E-state index contributed by atoms with van der Waals surface area (Å²) in [6, 6.07) is 35.1. The van der Waals surface area contributed by atoms with Crippen LogP contribution in [-0.2, 0) is 6.42 Å². The predicted molar refractivity (Wildman–Crippen MR) is 329 cm³/mol. The Morgan fingerprint density at radius 3 is 1.35 bits per heavy atom. The Morgan fingerprint density at radius 1 is 0.425 bits per heavy atom. The van der Waals surface area contributed by atoms with Crippen molar-refractivity contribution < 1.29 is 19.0 Å². The van der Waals surface area contributed by atoms with Crippen LogP contribution in [0, 0.1) is 15.6 Å². The zero-order valence-electron chi connectivity index (χ0n) is 51.4. The highest BCUT2D eigenvalue weighted by Crippen LogP contribution is 2.17. The number of carbonyl (C=O) groups is 1. The van der Waals surface area contributed by atoms with Crippen LogP contribution in [0.2, 0.25) is 0 Å². The Balaban J connectivity index is 0.000000458. The van der Waals surface area contributed by atoms with Gasteiger partial charge in [-0.1, -0.05) is 136 Å². The summed E-state index contributed by atoms with van der Waals surface area (Å²) in [5.41, 5.74) is 11.2. The third-order valence-corrected chi connectivity index (χ3v) is 12.1. The van der Waals surface area contributed by atoms with Crippen molar-refractivity contribution in [3.63, 3.8) is 0 Å². The molecule has 0 fully saturated rings. The summed E-state index contributed by atoms with van der Waals surface area (Å²) >= 11 is 0. The summed E-state index contributed by atoms with van der Waals surface area (Å²) in [6.07, 6.45) is 21.5. The van der Waals surface area contributed by atoms with Crippen molar-refractivity contribution in [2.45, 2.75) is 178 Å². The number of aromatic nitrogens is 8. The van der Waals surface area contributed by atoms with Gasteiger partial charge in [0.15, 0.2) is 42.5 Å². The zero-order valence-corrected chi connectivity index (χ0v) is 51.4. The number of rotatable bonds is 10. The molecule has 0 aliphatic heterocycles. The van der Waals surface area contributed by atoms with Gasteiger partial charge in [0, 0.05) is 104 Å². The Kier molecular flexibility index (Phi) is 34.8. The number of carbonyl (C=O) groups excluding carboxylic acids is 1. The van der Waals surface area contributed by atoms with Crippen molar-refractivity contribution >= 4 is 5.78 Å². The number of nitrogens with zero attached hydrogens (tertiary/aromatic N) is 8. The van der Waals surface area contributed by atoms with Crippen LogP contribution in [0.25, 0.3) is 0 Å². The molecule has 0 bridgehead atoms. The van der Waals surface area contributed by atoms with Gasteiger partial charge >= 0.3 is 0 Å². The molecule has 8 rings (SSSR count). The summed E-state index contributed by atoms with van der Waals surface area (Å²) in [7, 11) is 0. The lowest BCUT2D eigenvalue weighted by Crippen LogP contribution is -2.31. The van der Waals surface area contributed by atoms with Crippen molar-refractivity contribution in [1.29, 1.82) is 0 Å². The molecule has 12 nitrogen and oxygen atoms in total. The summed E-state index contributed by atoms with van der Waals surface area (Å²) in [5, 5.41) is 32.2. The molecule has 0 atom stereocenters. The van der Waals surface area contributed by atoms with Gasteiger partial charge in [-0.05, 0) is 136 Å². The standard InChI is InChI=1S/C10H13NO.C10H15N.3C8H11NO.3C8H11N/c1-7(2)9-4-5-11-10(6-9)8(3)12;1-4-10-7-9(8(2)3)5-6-11-10;1-7(2)8-3-5-9(10)6-4-8;1-7(2)8-4-3-5-9(10)6-8;1-7(2)8-5-3-4-6-9(8)10;1-7(2)8-3-5-9-6-4-8;1-7(2)8-4-3-5-9-6-8;1-7(2)8-5-3-4-6-9-8/h4-7H,1-3H3;5-8H,4H2,1-3H3;3*3-7H,1-2H3;3*3-7H,1-2H3. The van der Waals surface area contributed by atoms with E-state index < -0.39 is 0 Å². The third kappa shape index (κ3) is 30.4. The molecule has 0 radical (unpaired) electrons. The molecule has 0 N–H and O–H groups in total. The number of Topliss-reactive ketones (excluding diaryl/α,β-unsaturated/α-hetero) is 1. The molecule has 8 heterocycles. The number of pyridine rings is 8. The number of hydrogen-bond donors (Lipinski definition) is 0. The molecule has 0 spiro atoms. The lowest BCUT2D eigenvalue weighted by atomic mass is 10.0. The molecule has 80 heavy (non-hydrogen) atoms. The minimum atomic E-state index is 0.0255. The van der Waals surface area contributed by atoms with E-state index in [1.54, 1.807) is 30.7 Å². The number of aryl methyl sites for hydroxylation is 1. The summed E-state index contributed by atoms with van der Waals surface area (Å²) in [6.45, 7) is 37.6. The van der Waals surface area contributed by atoms with Gasteiger partial charge in [-0.15, -0.1) is 0 Å². The molecular formula is C68H94N8O4. The monoisotopic (exact) mass is 1090 g/mol. The predicted octanol–water partition coefficient (Wildman–Crippen LogP) is 16.1. The number of ketones is 1. The van der Waals surface area contributed by atoms with Crippen molar-refractivity contribution in [2.75, 3.05) is 0 Å². The van der Waals surface area contributed by atoms with Crippen LogP contribution < -0.4 is 14.2 Å². The first kappa shape index (κ1) is 70.3. The van der Waals surface area contributed by atoms with E-state index in [0.717, 1.165) is 43.1 Å². The normalized spacial score (nSPS) is 10.3. The fraction of sp³-hybridized carbons (Fsp3) is 0.397. The highest BCUT2D eigenvalue weighted by Gasteiger charge is 2.07. The first-order chi connectivity index (χ1) is 37.9. The third-order valence-electron chi connectivity index (χ3n) is 12.1. The van der Waals surface area contributed by atoms with E-state index in [1.165, 1.54) is 59.7 Å². The second-order valence-electron chi connectivity index (χ2n) is 21.5. The van der Waals surface area contributed by atoms with Crippen LogP contribution in [0.4, 0.5) is 0 Å². The highest BCUT2D eigenvalue weighted by atomic mass is 16.5. The quantitative estimate of drug-likeness (QED) is 0.0737. The second kappa shape index (κ2) is 39.6. The average Bonchev–Trinajstić information content (AvgIpc) is 3.45. The lowest BCUT2D eigenvalue weighted by Gasteiger charge is -2.05. The van der Waals surface area contributed by atoms with Crippen LogP contribution in [0.3, 0.4) is 0 Å². The lowest BCUT2D eigenvalue weighted by molar-refractivity contribution is -0.615. The molecule has 0 saturated carbocycles. The Morgan fingerprint density at radius 2 is 0.950 bits per heavy atom. The molecular weight excluding hydrogens is 993 g/mol. The smallest absolute Gasteiger partial charge is 0.195 e. The molecule has 8 aromatic heterocycles. The minimum Gasteiger partial charge on any atom is -0.619 e. The van der Waals surface area contributed by atoms with Crippen LogP contribution in [0.1, 0.15) is 233 Å². The second-order valence-corrected chi connectivity index (χ2v) is 21.5. The van der Waals surface area contributed by atoms with E-state index in [1.807, 2.05) is 124 Å². The molecule has 0 unspecified atom stereocenters. The fourth-order valence-corrected chi connectivity index (χ4v) is 6.74. The maximum absolute atomic E-state index is 11.0. The molecule has 0 saturated heterocycles. The van der Waals surface area contributed by atoms with Crippen molar-refractivity contribution in [1.82, 2.24) is 24.9 Å². The van der Waals surface area contributed by atoms with Crippen LogP contribution >= 0.6 is 0 Å². The maximum atomic E-state index is 11.0. The Bertz CT molecular complexity index is 2740. The van der Waals surface area contributed by atoms with Gasteiger partial charge in [0.05, 0.1) is 0 Å². The van der Waals surface area contributed by atoms with Gasteiger partial charge in [0.2, 0.25) is 0 Å². The van der Waals surface area contributed by atoms with E-state index in [-0.39, 0.29) is 5.78 Å². The van der Waals surface area contributed by atoms with Gasteiger partial charge < -0.3 is 15.6 Å². The fourth-order valence-electron chi connectivity index (χ4n) is 6.74. The maximum Gasteiger partial charge on any atom is 0.195 e. The molecule has 0 aliphatic carbocycles. The number of hydrogen-bond acceptors (Lipinski definition) is 9. The van der Waals surface area contributed by atoms with E-state index in [9.17, 15) is 20.4 Å². The summed E-state index contributed by atoms with van der Waals surface area (Å²) in [5.74, 6) is 4.09. The molecule has 430 valence electrons. The van der Waals surface area contributed by atoms with Crippen LogP contribution in [0.15, 0.2) is 184 Å². The van der Waals surface area contributed by atoms with Crippen molar-refractivity contribution in [2.24, 2.45) is 0 Å². The highest BCUT2D eigenvalue weighted by molar-refractivity contribution is 5.92. The van der Waals surface area contributed by atoms with Gasteiger partial charge in [0.25, 0.3) is 0 Å². The largest absolute Gasteiger partial charge is 0.619 e. The van der Waals surface area contributed by atoms with E-state index >= 15 is 0 Å². The van der Waals surface area contributed by atoms with Crippen LogP contribution in [-0.4, -0.2) is 30.7 Å². The average molecular weight is 1090 g/mol. The first-order valence-corrected chi connectivity index (χ1v) is 28.1. The Labute approximate surface area is 481 Å². The van der Waals surface area contributed by atoms with Crippen molar-refractivity contribution in [3.05, 3.63) is 255 Å². The van der Waals surface area contributed by atoms with E-state index in [4.69, 9.17) is 0 Å². The molecule has 0 aliphatic rings. The Hall–Kier alpha value is -7.73. The van der Waals surface area contributed by atoms with E-state index in [2.05, 4.69) is 147 Å².